The van der Waals surface area contributed by atoms with E-state index < -0.39 is 0 Å². The zero-order chi connectivity index (χ0) is 20.1. The number of hydrogen-bond acceptors (Lipinski definition) is 3. The number of benzene rings is 1. The lowest BCUT2D eigenvalue weighted by atomic mass is 10.1. The van der Waals surface area contributed by atoms with E-state index in [1.165, 1.54) is 11.3 Å². The summed E-state index contributed by atoms with van der Waals surface area (Å²) in [7, 11) is 0. The predicted octanol–water partition coefficient (Wildman–Crippen LogP) is 2.60. The van der Waals surface area contributed by atoms with Crippen LogP contribution < -0.4 is 10.2 Å². The van der Waals surface area contributed by atoms with Crippen molar-refractivity contribution in [1.82, 2.24) is 15.1 Å². The van der Waals surface area contributed by atoms with Crippen molar-refractivity contribution in [2.75, 3.05) is 57.3 Å². The van der Waals surface area contributed by atoms with Crippen molar-refractivity contribution in [1.29, 1.82) is 0 Å². The van der Waals surface area contributed by atoms with E-state index in [1.807, 2.05) is 11.0 Å². The van der Waals surface area contributed by atoms with Crippen LogP contribution in [0.3, 0.4) is 0 Å². The van der Waals surface area contributed by atoms with Crippen molar-refractivity contribution < 1.29 is 4.79 Å². The van der Waals surface area contributed by atoms with Crippen LogP contribution in [0.4, 0.5) is 5.69 Å². The quantitative estimate of drug-likeness (QED) is 0.618. The summed E-state index contributed by atoms with van der Waals surface area (Å²) in [5, 5.41) is 4.21. The molecule has 6 nitrogen and oxygen atoms in total. The van der Waals surface area contributed by atoms with E-state index >= 15 is 0 Å². The van der Waals surface area contributed by atoms with Crippen LogP contribution >= 0.6 is 11.6 Å². The Morgan fingerprint density at radius 1 is 1.21 bits per heavy atom. The topological polar surface area (TPSA) is 51.2 Å². The number of nitrogens with one attached hydrogen (secondary N) is 1. The molecule has 154 valence electrons. The average molecular weight is 406 g/mol. The number of hydrogen-bond donors (Lipinski definition) is 1. The monoisotopic (exact) mass is 405 g/mol. The lowest BCUT2D eigenvalue weighted by molar-refractivity contribution is -0.130. The van der Waals surface area contributed by atoms with Crippen molar-refractivity contribution in [2.45, 2.75) is 27.2 Å². The molecule has 28 heavy (non-hydrogen) atoms. The molecular formula is C21H32ClN5O. The number of aryl methyl sites for hydroxylation is 1. The molecule has 2 saturated heterocycles. The molecular weight excluding hydrogens is 374 g/mol. The van der Waals surface area contributed by atoms with Crippen LogP contribution in [-0.2, 0) is 4.79 Å². The van der Waals surface area contributed by atoms with Crippen molar-refractivity contribution >= 4 is 29.2 Å². The molecule has 1 amide bonds. The van der Waals surface area contributed by atoms with Gasteiger partial charge in [0.05, 0.1) is 0 Å². The summed E-state index contributed by atoms with van der Waals surface area (Å²) in [6.07, 6.45) is 1.15. The highest BCUT2D eigenvalue weighted by atomic mass is 35.5. The molecule has 1 aromatic carbocycles. The summed E-state index contributed by atoms with van der Waals surface area (Å²) < 4.78 is 0. The van der Waals surface area contributed by atoms with E-state index in [-0.39, 0.29) is 5.91 Å². The lowest BCUT2D eigenvalue weighted by Gasteiger charge is -2.36. The van der Waals surface area contributed by atoms with E-state index in [0.717, 1.165) is 69.8 Å². The highest BCUT2D eigenvalue weighted by Gasteiger charge is 2.25. The van der Waals surface area contributed by atoms with Gasteiger partial charge in [0.2, 0.25) is 5.91 Å². The van der Waals surface area contributed by atoms with Crippen molar-refractivity contribution in [2.24, 2.45) is 10.9 Å². The van der Waals surface area contributed by atoms with Crippen LogP contribution in [0.1, 0.15) is 25.8 Å². The van der Waals surface area contributed by atoms with Gasteiger partial charge in [-0.15, -0.1) is 0 Å². The maximum absolute atomic E-state index is 11.5. The Balaban J connectivity index is 1.58. The number of rotatable bonds is 4. The number of aliphatic imine (C=N–C) groups is 1. The molecule has 0 saturated carbocycles. The first-order valence-corrected chi connectivity index (χ1v) is 10.7. The number of nitrogens with zero attached hydrogens (tertiary/aromatic N) is 4. The molecule has 2 aliphatic rings. The van der Waals surface area contributed by atoms with Crippen LogP contribution in [0.5, 0.6) is 0 Å². The maximum Gasteiger partial charge on any atom is 0.219 e. The zero-order valence-corrected chi connectivity index (χ0v) is 18.0. The van der Waals surface area contributed by atoms with Gasteiger partial charge in [-0.3, -0.25) is 9.79 Å². The Morgan fingerprint density at radius 3 is 2.61 bits per heavy atom. The van der Waals surface area contributed by atoms with Gasteiger partial charge in [0, 0.05) is 70.0 Å². The van der Waals surface area contributed by atoms with E-state index in [2.05, 4.69) is 41.1 Å². The SMILES string of the molecule is CCNC(=NCC1CCN(c2cc(Cl)ccc2C)C1)N1CCN(C(C)=O)CC1. The Kier molecular flexibility index (Phi) is 7.05. The van der Waals surface area contributed by atoms with Gasteiger partial charge >= 0.3 is 0 Å². The molecule has 2 heterocycles. The normalized spacial score (nSPS) is 20.6. The number of anilines is 1. The third-order valence-electron chi connectivity index (χ3n) is 5.66. The van der Waals surface area contributed by atoms with Crippen LogP contribution in [0.15, 0.2) is 23.2 Å². The van der Waals surface area contributed by atoms with Gasteiger partial charge in [0.1, 0.15) is 0 Å². The van der Waals surface area contributed by atoms with Crippen LogP contribution in [0.25, 0.3) is 0 Å². The average Bonchev–Trinajstić information content (AvgIpc) is 3.16. The number of piperazine rings is 1. The molecule has 1 atom stereocenters. The molecule has 0 aliphatic carbocycles. The van der Waals surface area contributed by atoms with E-state index in [0.29, 0.717) is 5.92 Å². The molecule has 0 aromatic heterocycles. The highest BCUT2D eigenvalue weighted by molar-refractivity contribution is 6.30. The number of guanidine groups is 1. The summed E-state index contributed by atoms with van der Waals surface area (Å²) in [6, 6.07) is 6.11. The van der Waals surface area contributed by atoms with Gasteiger partial charge in [-0.05, 0) is 43.9 Å². The second-order valence-electron chi connectivity index (χ2n) is 7.72. The lowest BCUT2D eigenvalue weighted by Crippen LogP contribution is -2.53. The highest BCUT2D eigenvalue weighted by Crippen LogP contribution is 2.29. The van der Waals surface area contributed by atoms with Gasteiger partial charge in [-0.1, -0.05) is 17.7 Å². The minimum absolute atomic E-state index is 0.156. The first kappa shape index (κ1) is 20.8. The maximum atomic E-state index is 11.5. The molecule has 3 rings (SSSR count). The minimum atomic E-state index is 0.156. The van der Waals surface area contributed by atoms with Gasteiger partial charge < -0.3 is 20.0 Å². The summed E-state index contributed by atoms with van der Waals surface area (Å²) in [4.78, 5) is 23.1. The summed E-state index contributed by atoms with van der Waals surface area (Å²) in [6.45, 7) is 12.8. The third-order valence-corrected chi connectivity index (χ3v) is 5.89. The summed E-state index contributed by atoms with van der Waals surface area (Å²) in [5.41, 5.74) is 2.51. The Morgan fingerprint density at radius 2 is 1.93 bits per heavy atom. The molecule has 0 spiro atoms. The van der Waals surface area contributed by atoms with Crippen LogP contribution in [-0.4, -0.2) is 74.0 Å². The zero-order valence-electron chi connectivity index (χ0n) is 17.2. The first-order valence-electron chi connectivity index (χ1n) is 10.3. The van der Waals surface area contributed by atoms with Crippen molar-refractivity contribution in [3.05, 3.63) is 28.8 Å². The van der Waals surface area contributed by atoms with E-state index in [9.17, 15) is 4.79 Å². The number of halogens is 1. The van der Waals surface area contributed by atoms with Gasteiger partial charge in [0.15, 0.2) is 5.96 Å². The molecule has 2 aliphatic heterocycles. The Labute approximate surface area is 173 Å². The first-order chi connectivity index (χ1) is 13.5. The molecule has 0 bridgehead atoms. The Bertz CT molecular complexity index is 715. The smallest absolute Gasteiger partial charge is 0.219 e. The minimum Gasteiger partial charge on any atom is -0.371 e. The molecule has 2 fully saturated rings. The second-order valence-corrected chi connectivity index (χ2v) is 8.16. The molecule has 0 radical (unpaired) electrons. The van der Waals surface area contributed by atoms with Crippen LogP contribution in [0.2, 0.25) is 5.02 Å². The second kappa shape index (κ2) is 9.50. The summed E-state index contributed by atoms with van der Waals surface area (Å²) >= 11 is 6.20. The van der Waals surface area contributed by atoms with Gasteiger partial charge in [-0.25, -0.2) is 0 Å². The number of carbonyl (C=O) groups is 1. The number of carbonyl (C=O) groups excluding carboxylic acids is 1. The van der Waals surface area contributed by atoms with E-state index in [4.69, 9.17) is 16.6 Å². The molecule has 1 N–H and O–H groups in total. The fourth-order valence-corrected chi connectivity index (χ4v) is 4.16. The summed E-state index contributed by atoms with van der Waals surface area (Å²) in [5.74, 6) is 1.68. The van der Waals surface area contributed by atoms with Crippen LogP contribution in [0, 0.1) is 12.8 Å². The molecule has 1 aromatic rings. The van der Waals surface area contributed by atoms with Crippen molar-refractivity contribution in [3.63, 3.8) is 0 Å². The fourth-order valence-electron chi connectivity index (χ4n) is 4.00. The third kappa shape index (κ3) is 5.10. The molecule has 7 heteroatoms. The van der Waals surface area contributed by atoms with E-state index in [1.54, 1.807) is 6.92 Å². The Hall–Kier alpha value is -1.95. The largest absolute Gasteiger partial charge is 0.371 e. The number of amides is 1. The van der Waals surface area contributed by atoms with Gasteiger partial charge in [-0.2, -0.15) is 0 Å². The van der Waals surface area contributed by atoms with Gasteiger partial charge in [0.25, 0.3) is 0 Å². The molecule has 1 unspecified atom stereocenters. The van der Waals surface area contributed by atoms with Crippen molar-refractivity contribution in [3.8, 4) is 0 Å². The predicted molar refractivity (Wildman–Crippen MR) is 116 cm³/mol. The fraction of sp³-hybridized carbons (Fsp3) is 0.619. The standard InChI is InChI=1S/C21H32ClN5O/c1-4-23-21(26-11-9-25(10-12-26)17(3)28)24-14-18-7-8-27(15-18)20-13-19(22)6-5-16(20)2/h5-6,13,18H,4,7-12,14-15H2,1-3H3,(H,23,24).